The van der Waals surface area contributed by atoms with E-state index >= 15 is 0 Å². The second kappa shape index (κ2) is 10.8. The summed E-state index contributed by atoms with van der Waals surface area (Å²) in [6, 6.07) is 28.9. The largest absolute Gasteiger partial charge is 0.496 e. The molecular weight excluding hydrogens is 450 g/mol. The van der Waals surface area contributed by atoms with E-state index in [-0.39, 0.29) is 12.0 Å². The van der Waals surface area contributed by atoms with Gasteiger partial charge in [0, 0.05) is 18.0 Å². The molecule has 0 aromatic heterocycles. The zero-order chi connectivity index (χ0) is 24.9. The highest BCUT2D eigenvalue weighted by Gasteiger charge is 2.30. The lowest BCUT2D eigenvalue weighted by Crippen LogP contribution is -2.36. The van der Waals surface area contributed by atoms with Crippen LogP contribution < -0.4 is 14.8 Å². The molecule has 1 aliphatic heterocycles. The highest BCUT2D eigenvalue weighted by molar-refractivity contribution is 5.92. The summed E-state index contributed by atoms with van der Waals surface area (Å²) < 4.78 is 16.8. The third kappa shape index (κ3) is 4.93. The molecule has 0 radical (unpaired) electrons. The summed E-state index contributed by atoms with van der Waals surface area (Å²) in [7, 11) is 2.95. The molecule has 0 saturated heterocycles. The summed E-state index contributed by atoms with van der Waals surface area (Å²) in [6.07, 6.45) is 1.78. The van der Waals surface area contributed by atoms with Gasteiger partial charge in [0.25, 0.3) is 0 Å². The van der Waals surface area contributed by atoms with Crippen LogP contribution in [0.3, 0.4) is 0 Å². The van der Waals surface area contributed by atoms with E-state index in [0.717, 1.165) is 42.8 Å². The van der Waals surface area contributed by atoms with Crippen LogP contribution in [0.1, 0.15) is 39.4 Å². The molecule has 5 heteroatoms. The molecule has 1 heterocycles. The fourth-order valence-corrected chi connectivity index (χ4v) is 5.14. The summed E-state index contributed by atoms with van der Waals surface area (Å²) in [5.74, 6) is 1.11. The maximum Gasteiger partial charge on any atom is 0.341 e. The predicted molar refractivity (Wildman–Crippen MR) is 142 cm³/mol. The number of carbonyl (C=O) groups excluding carboxylic acids is 1. The Balaban J connectivity index is 1.31. The molecule has 1 N–H and O–H groups in total. The quantitative estimate of drug-likeness (QED) is 0.257. The second-order valence-electron chi connectivity index (χ2n) is 9.11. The Morgan fingerprint density at radius 3 is 2.64 bits per heavy atom. The van der Waals surface area contributed by atoms with Crippen LogP contribution >= 0.6 is 0 Å². The fraction of sp³-hybridized carbons (Fsp3) is 0.258. The fourth-order valence-electron chi connectivity index (χ4n) is 5.14. The molecule has 1 aliphatic rings. The highest BCUT2D eigenvalue weighted by Crippen LogP contribution is 2.41. The molecule has 2 atom stereocenters. The first-order valence-corrected chi connectivity index (χ1v) is 12.4. The van der Waals surface area contributed by atoms with Gasteiger partial charge in [-0.15, -0.1) is 0 Å². The Morgan fingerprint density at radius 2 is 1.78 bits per heavy atom. The third-order valence-corrected chi connectivity index (χ3v) is 6.94. The normalized spacial score (nSPS) is 16.7. The Morgan fingerprint density at radius 1 is 0.972 bits per heavy atom. The molecule has 4 aromatic carbocycles. The molecule has 5 rings (SSSR count). The van der Waals surface area contributed by atoms with E-state index in [0.29, 0.717) is 11.3 Å². The van der Waals surface area contributed by atoms with Crippen molar-refractivity contribution in [3.63, 3.8) is 0 Å². The van der Waals surface area contributed by atoms with E-state index in [4.69, 9.17) is 14.2 Å². The van der Waals surface area contributed by atoms with E-state index in [1.165, 1.54) is 23.4 Å². The van der Waals surface area contributed by atoms with Gasteiger partial charge in [0.15, 0.2) is 0 Å². The van der Waals surface area contributed by atoms with Gasteiger partial charge < -0.3 is 19.5 Å². The number of carbonyl (C=O) groups is 1. The number of hydrogen-bond acceptors (Lipinski definition) is 5. The maximum absolute atomic E-state index is 12.4. The molecule has 0 amide bonds. The Hall–Kier alpha value is -3.83. The molecule has 0 bridgehead atoms. The van der Waals surface area contributed by atoms with Crippen molar-refractivity contribution in [3.8, 4) is 11.5 Å². The number of esters is 1. The Kier molecular flexibility index (Phi) is 7.19. The number of para-hydroxylation sites is 1. The SMILES string of the molecule is COC(=O)c1cc(C2CC(CNCCc3cccc4ccccc34)Oc3ccccc32)ccc1OC. The van der Waals surface area contributed by atoms with Crippen LogP contribution in [0.15, 0.2) is 84.9 Å². The summed E-state index contributed by atoms with van der Waals surface area (Å²) in [4.78, 5) is 12.4. The minimum absolute atomic E-state index is 0.0149. The van der Waals surface area contributed by atoms with Gasteiger partial charge in [0.2, 0.25) is 0 Å². The molecule has 4 aromatic rings. The molecule has 0 spiro atoms. The van der Waals surface area contributed by atoms with E-state index in [9.17, 15) is 4.79 Å². The first-order chi connectivity index (χ1) is 17.7. The van der Waals surface area contributed by atoms with Crippen LogP contribution in [0, 0.1) is 0 Å². The highest BCUT2D eigenvalue weighted by atomic mass is 16.5. The second-order valence-corrected chi connectivity index (χ2v) is 9.11. The smallest absolute Gasteiger partial charge is 0.341 e. The number of methoxy groups -OCH3 is 2. The van der Waals surface area contributed by atoms with Crippen LogP contribution in [0.5, 0.6) is 11.5 Å². The minimum Gasteiger partial charge on any atom is -0.496 e. The van der Waals surface area contributed by atoms with Gasteiger partial charge in [-0.1, -0.05) is 66.7 Å². The van der Waals surface area contributed by atoms with Gasteiger partial charge in [0.1, 0.15) is 23.2 Å². The number of fused-ring (bicyclic) bond motifs is 2. The van der Waals surface area contributed by atoms with Crippen LogP contribution in [0.4, 0.5) is 0 Å². The lowest BCUT2D eigenvalue weighted by atomic mass is 9.83. The van der Waals surface area contributed by atoms with E-state index < -0.39 is 5.97 Å². The summed E-state index contributed by atoms with van der Waals surface area (Å²) in [5, 5.41) is 6.19. The first kappa shape index (κ1) is 23.9. The first-order valence-electron chi connectivity index (χ1n) is 12.4. The minimum atomic E-state index is -0.402. The van der Waals surface area contributed by atoms with E-state index in [1.54, 1.807) is 7.11 Å². The van der Waals surface area contributed by atoms with Crippen LogP contribution in [0.2, 0.25) is 0 Å². The zero-order valence-electron chi connectivity index (χ0n) is 20.7. The van der Waals surface area contributed by atoms with Crippen molar-refractivity contribution in [2.45, 2.75) is 24.9 Å². The maximum atomic E-state index is 12.4. The number of hydrogen-bond donors (Lipinski definition) is 1. The number of rotatable bonds is 8. The monoisotopic (exact) mass is 481 g/mol. The molecule has 0 fully saturated rings. The predicted octanol–water partition coefficient (Wildman–Crippen LogP) is 5.75. The molecule has 0 saturated carbocycles. The van der Waals surface area contributed by atoms with Crippen LogP contribution in [-0.4, -0.2) is 39.4 Å². The molecule has 5 nitrogen and oxygen atoms in total. The van der Waals surface area contributed by atoms with Gasteiger partial charge in [-0.3, -0.25) is 0 Å². The number of ether oxygens (including phenoxy) is 3. The Bertz CT molecular complexity index is 1360. The van der Waals surface area contributed by atoms with Gasteiger partial charge >= 0.3 is 5.97 Å². The van der Waals surface area contributed by atoms with Crippen molar-refractivity contribution in [2.24, 2.45) is 0 Å². The van der Waals surface area contributed by atoms with E-state index in [2.05, 4.69) is 53.8 Å². The molecular formula is C31H31NO4. The summed E-state index contributed by atoms with van der Waals surface area (Å²) >= 11 is 0. The molecule has 184 valence electrons. The van der Waals surface area contributed by atoms with Gasteiger partial charge in [-0.05, 0) is 59.5 Å². The molecule has 36 heavy (non-hydrogen) atoms. The number of nitrogens with one attached hydrogen (secondary N) is 1. The average molecular weight is 482 g/mol. The van der Waals surface area contributed by atoms with Gasteiger partial charge in [0.05, 0.1) is 14.2 Å². The van der Waals surface area contributed by atoms with Crippen molar-refractivity contribution in [2.75, 3.05) is 27.3 Å². The van der Waals surface area contributed by atoms with Crippen molar-refractivity contribution >= 4 is 16.7 Å². The lowest BCUT2D eigenvalue weighted by molar-refractivity contribution is 0.0597. The number of benzene rings is 4. The zero-order valence-corrected chi connectivity index (χ0v) is 20.7. The lowest BCUT2D eigenvalue weighted by Gasteiger charge is -2.33. The van der Waals surface area contributed by atoms with Gasteiger partial charge in [-0.25, -0.2) is 4.79 Å². The van der Waals surface area contributed by atoms with Crippen LogP contribution in [-0.2, 0) is 11.2 Å². The molecule has 0 aliphatic carbocycles. The summed E-state index contributed by atoms with van der Waals surface area (Å²) in [5.41, 5.74) is 3.96. The van der Waals surface area contributed by atoms with Crippen molar-refractivity contribution in [1.29, 1.82) is 0 Å². The average Bonchev–Trinajstić information content (AvgIpc) is 2.94. The van der Waals surface area contributed by atoms with Gasteiger partial charge in [-0.2, -0.15) is 0 Å². The van der Waals surface area contributed by atoms with E-state index in [1.807, 2.05) is 36.4 Å². The standard InChI is InChI=1S/C31H31NO4/c1-34-29-15-14-23(18-28(29)31(33)35-2)27-19-24(36-30-13-6-5-12-26(27)30)20-32-17-16-22-10-7-9-21-8-3-4-11-25(21)22/h3-15,18,24,27,32H,16-17,19-20H2,1-2H3. The van der Waals surface area contributed by atoms with Crippen molar-refractivity contribution in [3.05, 3.63) is 107 Å². The van der Waals surface area contributed by atoms with Crippen molar-refractivity contribution in [1.82, 2.24) is 5.32 Å². The Labute approximate surface area is 212 Å². The van der Waals surface area contributed by atoms with Crippen molar-refractivity contribution < 1.29 is 19.0 Å². The molecule has 2 unspecified atom stereocenters. The third-order valence-electron chi connectivity index (χ3n) is 6.94. The topological polar surface area (TPSA) is 56.8 Å². The summed E-state index contributed by atoms with van der Waals surface area (Å²) in [6.45, 7) is 1.62. The van der Waals surface area contributed by atoms with Crippen LogP contribution in [0.25, 0.3) is 10.8 Å².